The van der Waals surface area contributed by atoms with Crippen molar-refractivity contribution in [1.82, 2.24) is 0 Å². The van der Waals surface area contributed by atoms with Gasteiger partial charge in [0.1, 0.15) is 5.75 Å². The normalized spacial score (nSPS) is 10.3. The number of carbonyl (C=O) groups excluding carboxylic acids is 2. The highest BCUT2D eigenvalue weighted by Crippen LogP contribution is 2.24. The molecule has 1 heterocycles. The maximum atomic E-state index is 12.3. The van der Waals surface area contributed by atoms with E-state index in [0.29, 0.717) is 21.9 Å². The number of hydrogen-bond donors (Lipinski definition) is 1. The lowest BCUT2D eigenvalue weighted by molar-refractivity contribution is 0.101. The Kier molecular flexibility index (Phi) is 6.09. The summed E-state index contributed by atoms with van der Waals surface area (Å²) in [7, 11) is 1.59. The van der Waals surface area contributed by atoms with E-state index in [9.17, 15) is 9.59 Å². The molecule has 0 bridgehead atoms. The van der Waals surface area contributed by atoms with Gasteiger partial charge >= 0.3 is 0 Å². The highest BCUT2D eigenvalue weighted by molar-refractivity contribution is 8.00. The molecule has 1 aromatic heterocycles. The number of anilines is 1. The third kappa shape index (κ3) is 4.74. The minimum absolute atomic E-state index is 0.0469. The Morgan fingerprint density at radius 2 is 1.88 bits per heavy atom. The van der Waals surface area contributed by atoms with E-state index in [-0.39, 0.29) is 11.7 Å². The molecule has 0 saturated heterocycles. The molecule has 0 spiro atoms. The molecule has 0 radical (unpaired) electrons. The zero-order valence-corrected chi connectivity index (χ0v) is 15.7. The van der Waals surface area contributed by atoms with Crippen LogP contribution >= 0.6 is 23.1 Å². The summed E-state index contributed by atoms with van der Waals surface area (Å²) in [5.41, 5.74) is 1.37. The van der Waals surface area contributed by atoms with Crippen molar-refractivity contribution in [1.29, 1.82) is 0 Å². The summed E-state index contributed by atoms with van der Waals surface area (Å²) in [6, 6.07) is 18.2. The van der Waals surface area contributed by atoms with Gasteiger partial charge in [-0.3, -0.25) is 9.59 Å². The predicted molar refractivity (Wildman–Crippen MR) is 107 cm³/mol. The van der Waals surface area contributed by atoms with E-state index in [0.717, 1.165) is 10.6 Å². The fraction of sp³-hybridized carbons (Fsp3) is 0.100. The van der Waals surface area contributed by atoms with Gasteiger partial charge in [0.2, 0.25) is 0 Å². The van der Waals surface area contributed by atoms with Crippen LogP contribution in [0.3, 0.4) is 0 Å². The summed E-state index contributed by atoms with van der Waals surface area (Å²) in [6.45, 7) is 0. The number of thioether (sulfide) groups is 1. The summed E-state index contributed by atoms with van der Waals surface area (Å²) < 4.78 is 5.10. The summed E-state index contributed by atoms with van der Waals surface area (Å²) in [5, 5.41) is 4.74. The molecule has 0 aliphatic carbocycles. The molecular formula is C20H17NO3S2. The number of nitrogens with one attached hydrogen (secondary N) is 1. The molecule has 1 amide bonds. The Bertz CT molecular complexity index is 890. The van der Waals surface area contributed by atoms with Crippen molar-refractivity contribution < 1.29 is 14.3 Å². The number of rotatable bonds is 7. The van der Waals surface area contributed by atoms with Crippen molar-refractivity contribution >= 4 is 40.5 Å². The van der Waals surface area contributed by atoms with Crippen LogP contribution in [-0.2, 0) is 0 Å². The molecule has 0 aliphatic heterocycles. The SMILES string of the molecule is COc1ccc(C(=O)CSc2cccc(NC(=O)c3cccs3)c2)cc1. The molecule has 0 unspecified atom stereocenters. The van der Waals surface area contributed by atoms with Crippen LogP contribution in [0.5, 0.6) is 5.75 Å². The average Bonchev–Trinajstić information content (AvgIpc) is 3.21. The molecule has 26 heavy (non-hydrogen) atoms. The highest BCUT2D eigenvalue weighted by atomic mass is 32.2. The van der Waals surface area contributed by atoms with Crippen LogP contribution in [0.25, 0.3) is 0 Å². The first kappa shape index (κ1) is 18.2. The van der Waals surface area contributed by atoms with Gasteiger partial charge in [0.25, 0.3) is 5.91 Å². The first-order valence-corrected chi connectivity index (χ1v) is 9.77. The Labute approximate surface area is 160 Å². The van der Waals surface area contributed by atoms with E-state index in [1.807, 2.05) is 35.7 Å². The number of carbonyl (C=O) groups is 2. The number of Topliss-reactive ketones (excluding diaryl/α,β-unsaturated/α-hetero) is 1. The smallest absolute Gasteiger partial charge is 0.265 e. The first-order valence-electron chi connectivity index (χ1n) is 7.90. The van der Waals surface area contributed by atoms with Crippen molar-refractivity contribution in [3.8, 4) is 5.75 Å². The van der Waals surface area contributed by atoms with E-state index >= 15 is 0 Å². The van der Waals surface area contributed by atoms with Gasteiger partial charge in [0.05, 0.1) is 17.7 Å². The van der Waals surface area contributed by atoms with Gasteiger partial charge in [0.15, 0.2) is 5.78 Å². The molecular weight excluding hydrogens is 366 g/mol. The Hall–Kier alpha value is -2.57. The summed E-state index contributed by atoms with van der Waals surface area (Å²) in [6.07, 6.45) is 0. The average molecular weight is 383 g/mol. The van der Waals surface area contributed by atoms with E-state index < -0.39 is 0 Å². The molecule has 0 aliphatic rings. The second-order valence-electron chi connectivity index (χ2n) is 5.40. The van der Waals surface area contributed by atoms with Crippen molar-refractivity contribution in [2.24, 2.45) is 0 Å². The molecule has 0 saturated carbocycles. The van der Waals surface area contributed by atoms with Crippen LogP contribution in [0.2, 0.25) is 0 Å². The molecule has 6 heteroatoms. The molecule has 132 valence electrons. The largest absolute Gasteiger partial charge is 0.497 e. The van der Waals surface area contributed by atoms with E-state index in [2.05, 4.69) is 5.32 Å². The Morgan fingerprint density at radius 3 is 2.58 bits per heavy atom. The molecule has 2 aromatic carbocycles. The number of ether oxygens (including phenoxy) is 1. The van der Waals surface area contributed by atoms with Crippen LogP contribution in [-0.4, -0.2) is 24.6 Å². The van der Waals surface area contributed by atoms with Crippen LogP contribution in [0.4, 0.5) is 5.69 Å². The zero-order valence-electron chi connectivity index (χ0n) is 14.1. The fourth-order valence-corrected chi connectivity index (χ4v) is 3.74. The first-order chi connectivity index (χ1) is 12.7. The molecule has 0 fully saturated rings. The Morgan fingerprint density at radius 1 is 1.08 bits per heavy atom. The number of hydrogen-bond acceptors (Lipinski definition) is 5. The van der Waals surface area contributed by atoms with Crippen molar-refractivity contribution in [2.75, 3.05) is 18.2 Å². The summed E-state index contributed by atoms with van der Waals surface area (Å²) >= 11 is 2.84. The maximum absolute atomic E-state index is 12.3. The summed E-state index contributed by atoms with van der Waals surface area (Å²) in [4.78, 5) is 26.0. The molecule has 3 rings (SSSR count). The Balaban J connectivity index is 1.59. The molecule has 3 aromatic rings. The van der Waals surface area contributed by atoms with E-state index in [1.165, 1.54) is 23.1 Å². The fourth-order valence-electron chi connectivity index (χ4n) is 2.27. The highest BCUT2D eigenvalue weighted by Gasteiger charge is 2.09. The third-order valence-electron chi connectivity index (χ3n) is 3.62. The van der Waals surface area contributed by atoms with Gasteiger partial charge in [-0.1, -0.05) is 12.1 Å². The number of methoxy groups -OCH3 is 1. The molecule has 0 atom stereocenters. The van der Waals surface area contributed by atoms with Crippen molar-refractivity contribution in [3.63, 3.8) is 0 Å². The maximum Gasteiger partial charge on any atom is 0.265 e. The van der Waals surface area contributed by atoms with Gasteiger partial charge in [-0.2, -0.15) is 0 Å². The van der Waals surface area contributed by atoms with Gasteiger partial charge in [-0.15, -0.1) is 23.1 Å². The second-order valence-corrected chi connectivity index (χ2v) is 7.40. The van der Waals surface area contributed by atoms with Crippen LogP contribution in [0.15, 0.2) is 70.9 Å². The minimum Gasteiger partial charge on any atom is -0.497 e. The standard InChI is InChI=1S/C20H17NO3S2/c1-24-16-9-7-14(8-10-16)18(22)13-26-17-5-2-4-15(12-17)21-20(23)19-6-3-11-25-19/h2-12H,13H2,1H3,(H,21,23). The molecule has 4 nitrogen and oxygen atoms in total. The predicted octanol–water partition coefficient (Wildman–Crippen LogP) is 4.98. The van der Waals surface area contributed by atoms with E-state index in [4.69, 9.17) is 4.74 Å². The number of amides is 1. The third-order valence-corrected chi connectivity index (χ3v) is 5.48. The topological polar surface area (TPSA) is 55.4 Å². The lowest BCUT2D eigenvalue weighted by atomic mass is 10.1. The van der Waals surface area contributed by atoms with Crippen molar-refractivity contribution in [3.05, 3.63) is 76.5 Å². The van der Waals surface area contributed by atoms with Gasteiger partial charge in [0, 0.05) is 16.1 Å². The van der Waals surface area contributed by atoms with Crippen LogP contribution < -0.4 is 10.1 Å². The monoisotopic (exact) mass is 383 g/mol. The van der Waals surface area contributed by atoms with Crippen LogP contribution in [0.1, 0.15) is 20.0 Å². The zero-order chi connectivity index (χ0) is 18.4. The van der Waals surface area contributed by atoms with Gasteiger partial charge < -0.3 is 10.1 Å². The number of ketones is 1. The lowest BCUT2D eigenvalue weighted by Gasteiger charge is -2.07. The second kappa shape index (κ2) is 8.69. The van der Waals surface area contributed by atoms with Gasteiger partial charge in [-0.05, 0) is 53.9 Å². The molecule has 1 N–H and O–H groups in total. The lowest BCUT2D eigenvalue weighted by Crippen LogP contribution is -2.10. The minimum atomic E-state index is -0.128. The summed E-state index contributed by atoms with van der Waals surface area (Å²) in [5.74, 6) is 0.972. The number of thiophene rings is 1. The van der Waals surface area contributed by atoms with Crippen molar-refractivity contribution in [2.45, 2.75) is 4.90 Å². The van der Waals surface area contributed by atoms with E-state index in [1.54, 1.807) is 37.4 Å². The quantitative estimate of drug-likeness (QED) is 0.462. The number of benzene rings is 2. The van der Waals surface area contributed by atoms with Gasteiger partial charge in [-0.25, -0.2) is 0 Å². The van der Waals surface area contributed by atoms with Crippen LogP contribution in [0, 0.1) is 0 Å².